The van der Waals surface area contributed by atoms with E-state index >= 15 is 0 Å². The van der Waals surface area contributed by atoms with E-state index in [1.54, 1.807) is 29.6 Å². The monoisotopic (exact) mass is 278 g/mol. The van der Waals surface area contributed by atoms with Crippen molar-refractivity contribution >= 4 is 28.5 Å². The average molecular weight is 278 g/mol. The Hall–Kier alpha value is -0.930. The lowest BCUT2D eigenvalue weighted by Gasteiger charge is -2.31. The van der Waals surface area contributed by atoms with Crippen molar-refractivity contribution in [2.24, 2.45) is 0 Å². The van der Waals surface area contributed by atoms with Crippen molar-refractivity contribution in [1.29, 1.82) is 0 Å². The van der Waals surface area contributed by atoms with Crippen molar-refractivity contribution in [3.63, 3.8) is 0 Å². The third-order valence-corrected chi connectivity index (χ3v) is 5.36. The number of rotatable bonds is 6. The van der Waals surface area contributed by atoms with Crippen molar-refractivity contribution in [2.75, 3.05) is 0 Å². The molecule has 0 aliphatic heterocycles. The van der Waals surface area contributed by atoms with E-state index in [0.29, 0.717) is 6.42 Å². The minimum atomic E-state index is -0.0943. The van der Waals surface area contributed by atoms with Gasteiger partial charge in [0.2, 0.25) is 0 Å². The summed E-state index contributed by atoms with van der Waals surface area (Å²) < 4.78 is 0. The number of carbonyl (C=O) groups excluding carboxylic acids is 1. The van der Waals surface area contributed by atoms with Gasteiger partial charge in [0, 0.05) is 21.6 Å². The normalized spacial score (nSPS) is 11.7. The van der Waals surface area contributed by atoms with E-state index < -0.39 is 0 Å². The molecular weight excluding hydrogens is 260 g/mol. The maximum atomic E-state index is 11.7. The minimum Gasteiger partial charge on any atom is -0.300 e. The summed E-state index contributed by atoms with van der Waals surface area (Å²) in [7, 11) is 0. The van der Waals surface area contributed by atoms with Crippen molar-refractivity contribution in [1.82, 2.24) is 0 Å². The van der Waals surface area contributed by atoms with Gasteiger partial charge in [-0.3, -0.25) is 4.79 Å². The van der Waals surface area contributed by atoms with E-state index in [4.69, 9.17) is 0 Å². The Bertz CT molecular complexity index is 448. The molecular formula is C15H18OS2. The van der Waals surface area contributed by atoms with Crippen LogP contribution in [-0.4, -0.2) is 5.78 Å². The summed E-state index contributed by atoms with van der Waals surface area (Å²) in [6.45, 7) is 3.89. The summed E-state index contributed by atoms with van der Waals surface area (Å²) in [6, 6.07) is 8.50. The highest BCUT2D eigenvalue weighted by Crippen LogP contribution is 2.44. The second-order valence-electron chi connectivity index (χ2n) is 4.67. The summed E-state index contributed by atoms with van der Waals surface area (Å²) >= 11 is 3.53. The maximum Gasteiger partial charge on any atom is 0.131 e. The Balaban J connectivity index is 2.51. The van der Waals surface area contributed by atoms with Crippen molar-refractivity contribution < 1.29 is 4.79 Å². The van der Waals surface area contributed by atoms with Gasteiger partial charge < -0.3 is 0 Å². The highest BCUT2D eigenvalue weighted by molar-refractivity contribution is 7.11. The highest BCUT2D eigenvalue weighted by Gasteiger charge is 2.36. The standard InChI is InChI=1S/C15H18OS2/c1-3-8-15(11-12(2)16,13-6-4-9-17-13)14-7-5-10-18-14/h4-7,9-10H,3,8,11H2,1-2H3. The molecule has 0 saturated carbocycles. The van der Waals surface area contributed by atoms with Crippen molar-refractivity contribution in [3.8, 4) is 0 Å². The van der Waals surface area contributed by atoms with Gasteiger partial charge in [0.05, 0.1) is 0 Å². The maximum absolute atomic E-state index is 11.7. The molecule has 0 aromatic carbocycles. The molecule has 3 heteroatoms. The topological polar surface area (TPSA) is 17.1 Å². The van der Waals surface area contributed by atoms with Gasteiger partial charge in [0.1, 0.15) is 5.78 Å². The number of hydrogen-bond acceptors (Lipinski definition) is 3. The van der Waals surface area contributed by atoms with E-state index in [0.717, 1.165) is 12.8 Å². The SMILES string of the molecule is CCCC(CC(C)=O)(c1cccs1)c1cccs1. The third-order valence-electron chi connectivity index (χ3n) is 3.21. The lowest BCUT2D eigenvalue weighted by Crippen LogP contribution is -2.28. The van der Waals surface area contributed by atoms with Gasteiger partial charge in [-0.25, -0.2) is 0 Å². The Morgan fingerprint density at radius 2 is 1.72 bits per heavy atom. The number of carbonyl (C=O) groups is 1. The first-order valence-electron chi connectivity index (χ1n) is 6.26. The van der Waals surface area contributed by atoms with Crippen LogP contribution in [0.5, 0.6) is 0 Å². The number of ketones is 1. The van der Waals surface area contributed by atoms with E-state index in [1.807, 2.05) is 0 Å². The fourth-order valence-electron chi connectivity index (χ4n) is 2.58. The Morgan fingerprint density at radius 1 is 1.17 bits per heavy atom. The smallest absolute Gasteiger partial charge is 0.131 e. The van der Waals surface area contributed by atoms with Crippen LogP contribution in [0.2, 0.25) is 0 Å². The second kappa shape index (κ2) is 5.81. The quantitative estimate of drug-likeness (QED) is 0.736. The number of Topliss-reactive ketones (excluding diaryl/α,β-unsaturated/α-hetero) is 1. The van der Waals surface area contributed by atoms with Crippen LogP contribution in [0.3, 0.4) is 0 Å². The molecule has 0 aliphatic carbocycles. The predicted molar refractivity (Wildman–Crippen MR) is 79.6 cm³/mol. The van der Waals surface area contributed by atoms with Crippen LogP contribution in [-0.2, 0) is 10.2 Å². The molecule has 0 spiro atoms. The Kier molecular flexibility index (Phi) is 4.36. The molecule has 2 aromatic heterocycles. The largest absolute Gasteiger partial charge is 0.300 e. The van der Waals surface area contributed by atoms with Crippen molar-refractivity contribution in [3.05, 3.63) is 44.8 Å². The summed E-state index contributed by atoms with van der Waals surface area (Å²) in [6.07, 6.45) is 2.73. The Morgan fingerprint density at radius 3 is 2.06 bits per heavy atom. The molecule has 0 aliphatic rings. The van der Waals surface area contributed by atoms with Crippen LogP contribution in [0.1, 0.15) is 42.9 Å². The highest BCUT2D eigenvalue weighted by atomic mass is 32.1. The summed E-state index contributed by atoms with van der Waals surface area (Å²) in [5, 5.41) is 4.21. The molecule has 18 heavy (non-hydrogen) atoms. The Labute approximate surface area is 116 Å². The molecule has 0 atom stereocenters. The van der Waals surface area contributed by atoms with Crippen LogP contribution >= 0.6 is 22.7 Å². The van der Waals surface area contributed by atoms with E-state index in [1.165, 1.54) is 9.75 Å². The molecule has 2 rings (SSSR count). The first-order chi connectivity index (χ1) is 8.69. The molecule has 0 radical (unpaired) electrons. The van der Waals surface area contributed by atoms with Gasteiger partial charge in [-0.05, 0) is 36.2 Å². The minimum absolute atomic E-state index is 0.0943. The molecule has 0 fully saturated rings. The van der Waals surface area contributed by atoms with Gasteiger partial charge in [0.25, 0.3) is 0 Å². The molecule has 2 heterocycles. The van der Waals surface area contributed by atoms with Gasteiger partial charge in [-0.15, -0.1) is 22.7 Å². The van der Waals surface area contributed by atoms with Gasteiger partial charge in [-0.2, -0.15) is 0 Å². The zero-order chi connectivity index (χ0) is 13.0. The van der Waals surface area contributed by atoms with Crippen LogP contribution < -0.4 is 0 Å². The molecule has 2 aromatic rings. The molecule has 0 amide bonds. The van der Waals surface area contributed by atoms with E-state index in [-0.39, 0.29) is 11.2 Å². The van der Waals surface area contributed by atoms with E-state index in [2.05, 4.69) is 41.9 Å². The first-order valence-corrected chi connectivity index (χ1v) is 8.02. The van der Waals surface area contributed by atoms with Crippen LogP contribution in [0.25, 0.3) is 0 Å². The zero-order valence-electron chi connectivity index (χ0n) is 10.8. The molecule has 0 bridgehead atoms. The van der Waals surface area contributed by atoms with Gasteiger partial charge >= 0.3 is 0 Å². The summed E-state index contributed by atoms with van der Waals surface area (Å²) in [5.41, 5.74) is -0.0943. The lowest BCUT2D eigenvalue weighted by atomic mass is 9.76. The van der Waals surface area contributed by atoms with Gasteiger partial charge in [0.15, 0.2) is 0 Å². The number of thiophene rings is 2. The molecule has 0 N–H and O–H groups in total. The second-order valence-corrected chi connectivity index (χ2v) is 6.56. The van der Waals surface area contributed by atoms with Crippen LogP contribution in [0.4, 0.5) is 0 Å². The molecule has 0 unspecified atom stereocenters. The fraction of sp³-hybridized carbons (Fsp3) is 0.400. The average Bonchev–Trinajstić information content (AvgIpc) is 3.02. The predicted octanol–water partition coefficient (Wildman–Crippen LogP) is 4.87. The van der Waals surface area contributed by atoms with Gasteiger partial charge in [-0.1, -0.05) is 25.5 Å². The van der Waals surface area contributed by atoms with Crippen LogP contribution in [0.15, 0.2) is 35.0 Å². The van der Waals surface area contributed by atoms with E-state index in [9.17, 15) is 4.79 Å². The van der Waals surface area contributed by atoms with Crippen LogP contribution in [0, 0.1) is 0 Å². The first kappa shape index (κ1) is 13.5. The van der Waals surface area contributed by atoms with Crippen molar-refractivity contribution in [2.45, 2.75) is 38.5 Å². The lowest BCUT2D eigenvalue weighted by molar-refractivity contribution is -0.118. The molecule has 0 saturated heterocycles. The summed E-state index contributed by atoms with van der Waals surface area (Å²) in [5.74, 6) is 0.269. The molecule has 1 nitrogen and oxygen atoms in total. The summed E-state index contributed by atoms with van der Waals surface area (Å²) in [4.78, 5) is 14.4. The molecule has 96 valence electrons. The zero-order valence-corrected chi connectivity index (χ0v) is 12.4. The third kappa shape index (κ3) is 2.57. The number of hydrogen-bond donors (Lipinski definition) is 0. The fourth-order valence-corrected chi connectivity index (χ4v) is 4.59.